The lowest BCUT2D eigenvalue weighted by molar-refractivity contribution is -0.124. The molecule has 6 nitrogen and oxygen atoms in total. The zero-order chi connectivity index (χ0) is 18.6. The number of nitrogens with zero attached hydrogens (tertiary/aromatic N) is 1. The van der Waals surface area contributed by atoms with Crippen LogP contribution in [0.15, 0.2) is 47.4 Å². The van der Waals surface area contributed by atoms with Crippen LogP contribution in [-0.4, -0.2) is 36.7 Å². The highest BCUT2D eigenvalue weighted by Crippen LogP contribution is 2.28. The van der Waals surface area contributed by atoms with Crippen molar-refractivity contribution in [1.29, 1.82) is 0 Å². The number of rotatable bonds is 4. The van der Waals surface area contributed by atoms with E-state index in [4.69, 9.17) is 11.6 Å². The molecule has 0 spiro atoms. The van der Waals surface area contributed by atoms with Crippen molar-refractivity contribution in [3.8, 4) is 0 Å². The molecule has 0 aliphatic rings. The quantitative estimate of drug-likeness (QED) is 0.433. The highest BCUT2D eigenvalue weighted by molar-refractivity contribution is 7.80. The summed E-state index contributed by atoms with van der Waals surface area (Å²) in [5, 5.41) is 5.51. The number of Topliss-reactive ketones (excluding diaryl/α,β-unsaturated/α-hetero) is 1. The number of halogens is 1. The molecule has 3 amide bonds. The van der Waals surface area contributed by atoms with Gasteiger partial charge < -0.3 is 15.5 Å². The molecule has 25 heavy (non-hydrogen) atoms. The predicted molar refractivity (Wildman–Crippen MR) is 101 cm³/mol. The van der Waals surface area contributed by atoms with E-state index in [-0.39, 0.29) is 5.56 Å². The Morgan fingerprint density at radius 1 is 1.04 bits per heavy atom. The SMILES string of the molecule is CN(C)C(=O)C(=O)c1cccc(NC(=O)Nc2cccc(S)c2Cl)c1. The second kappa shape index (κ2) is 8.04. The van der Waals surface area contributed by atoms with Crippen molar-refractivity contribution in [3.63, 3.8) is 0 Å². The molecule has 0 saturated carbocycles. The predicted octanol–water partition coefficient (Wildman–Crippen LogP) is 3.54. The van der Waals surface area contributed by atoms with E-state index in [1.54, 1.807) is 30.3 Å². The zero-order valence-corrected chi connectivity index (χ0v) is 15.2. The molecule has 0 aromatic heterocycles. The number of carbonyl (C=O) groups excluding carboxylic acids is 3. The molecular weight excluding hydrogens is 362 g/mol. The molecule has 8 heteroatoms. The van der Waals surface area contributed by atoms with Crippen LogP contribution in [0.3, 0.4) is 0 Å². The fraction of sp³-hybridized carbons (Fsp3) is 0.118. The lowest BCUT2D eigenvalue weighted by Gasteiger charge is -2.12. The van der Waals surface area contributed by atoms with E-state index < -0.39 is 17.7 Å². The number of thiol groups is 1. The minimum absolute atomic E-state index is 0.187. The summed E-state index contributed by atoms with van der Waals surface area (Å²) in [4.78, 5) is 37.6. The standard InChI is InChI=1S/C17H16ClN3O3S/c1-21(2)16(23)15(22)10-5-3-6-11(9-10)19-17(24)20-12-7-4-8-13(25)14(12)18/h3-9,25H,1-2H3,(H2,19,20,24). The summed E-state index contributed by atoms with van der Waals surface area (Å²) in [6.07, 6.45) is 0. The van der Waals surface area contributed by atoms with Crippen LogP contribution < -0.4 is 10.6 Å². The van der Waals surface area contributed by atoms with Crippen LogP contribution in [0.1, 0.15) is 10.4 Å². The number of hydrogen-bond donors (Lipinski definition) is 3. The molecule has 0 aliphatic heterocycles. The largest absolute Gasteiger partial charge is 0.342 e. The number of nitrogens with one attached hydrogen (secondary N) is 2. The number of carbonyl (C=O) groups is 3. The summed E-state index contributed by atoms with van der Waals surface area (Å²) < 4.78 is 0. The Labute approximate surface area is 155 Å². The van der Waals surface area contributed by atoms with E-state index in [1.165, 1.54) is 31.1 Å². The third-order valence-corrected chi connectivity index (χ3v) is 4.12. The van der Waals surface area contributed by atoms with Crippen molar-refractivity contribution in [2.45, 2.75) is 4.90 Å². The lowest BCUT2D eigenvalue weighted by Crippen LogP contribution is -2.30. The van der Waals surface area contributed by atoms with E-state index >= 15 is 0 Å². The van der Waals surface area contributed by atoms with E-state index in [2.05, 4.69) is 23.3 Å². The number of ketones is 1. The first kappa shape index (κ1) is 18.8. The fourth-order valence-corrected chi connectivity index (χ4v) is 2.35. The van der Waals surface area contributed by atoms with E-state index in [1.807, 2.05) is 0 Å². The van der Waals surface area contributed by atoms with Gasteiger partial charge in [0, 0.05) is 30.2 Å². The third-order valence-electron chi connectivity index (χ3n) is 3.21. The molecule has 2 aromatic carbocycles. The number of benzene rings is 2. The summed E-state index contributed by atoms with van der Waals surface area (Å²) >= 11 is 10.2. The average molecular weight is 378 g/mol. The van der Waals surface area contributed by atoms with Gasteiger partial charge in [-0.1, -0.05) is 29.8 Å². The maximum absolute atomic E-state index is 12.1. The van der Waals surface area contributed by atoms with Gasteiger partial charge in [-0.05, 0) is 24.3 Å². The Hall–Kier alpha value is -2.51. The fourth-order valence-electron chi connectivity index (χ4n) is 1.97. The van der Waals surface area contributed by atoms with E-state index in [0.717, 1.165) is 0 Å². The molecular formula is C17H16ClN3O3S. The Morgan fingerprint density at radius 3 is 2.40 bits per heavy atom. The van der Waals surface area contributed by atoms with Gasteiger partial charge in [-0.2, -0.15) is 0 Å². The van der Waals surface area contributed by atoms with Crippen molar-refractivity contribution < 1.29 is 14.4 Å². The van der Waals surface area contributed by atoms with Crippen LogP contribution in [0.25, 0.3) is 0 Å². The van der Waals surface area contributed by atoms with Crippen molar-refractivity contribution in [3.05, 3.63) is 53.1 Å². The molecule has 0 saturated heterocycles. The summed E-state index contributed by atoms with van der Waals surface area (Å²) in [6, 6.07) is 10.6. The minimum Gasteiger partial charge on any atom is -0.342 e. The summed E-state index contributed by atoms with van der Waals surface area (Å²) in [5.74, 6) is -1.29. The van der Waals surface area contributed by atoms with Gasteiger partial charge in [0.15, 0.2) is 0 Å². The van der Waals surface area contributed by atoms with E-state index in [9.17, 15) is 14.4 Å². The lowest BCUT2D eigenvalue weighted by atomic mass is 10.1. The Morgan fingerprint density at radius 2 is 1.72 bits per heavy atom. The smallest absolute Gasteiger partial charge is 0.323 e. The molecule has 0 radical (unpaired) electrons. The monoisotopic (exact) mass is 377 g/mol. The summed E-state index contributed by atoms with van der Waals surface area (Å²) in [6.45, 7) is 0. The molecule has 0 heterocycles. The number of urea groups is 1. The number of amides is 3. The van der Waals surface area contributed by atoms with Crippen molar-refractivity contribution in [1.82, 2.24) is 4.90 Å². The third kappa shape index (κ3) is 4.74. The highest BCUT2D eigenvalue weighted by atomic mass is 35.5. The normalized spacial score (nSPS) is 10.1. The van der Waals surface area contributed by atoms with Gasteiger partial charge in [0.1, 0.15) is 0 Å². The topological polar surface area (TPSA) is 78.5 Å². The number of hydrogen-bond acceptors (Lipinski definition) is 4. The van der Waals surface area contributed by atoms with Crippen molar-refractivity contribution in [2.24, 2.45) is 0 Å². The average Bonchev–Trinajstić information content (AvgIpc) is 2.57. The molecule has 0 bridgehead atoms. The van der Waals surface area contributed by atoms with Gasteiger partial charge >= 0.3 is 6.03 Å². The van der Waals surface area contributed by atoms with Gasteiger partial charge in [0.25, 0.3) is 5.91 Å². The first-order chi connectivity index (χ1) is 11.8. The second-order valence-electron chi connectivity index (χ2n) is 5.33. The van der Waals surface area contributed by atoms with Crippen molar-refractivity contribution in [2.75, 3.05) is 24.7 Å². The molecule has 0 unspecified atom stereocenters. The molecule has 2 aromatic rings. The maximum Gasteiger partial charge on any atom is 0.323 e. The van der Waals surface area contributed by atoms with Crippen LogP contribution in [-0.2, 0) is 4.79 Å². The molecule has 2 rings (SSSR count). The maximum atomic E-state index is 12.1. The molecule has 0 atom stereocenters. The zero-order valence-electron chi connectivity index (χ0n) is 13.5. The minimum atomic E-state index is -0.653. The Kier molecular flexibility index (Phi) is 6.06. The van der Waals surface area contributed by atoms with Crippen LogP contribution in [0.2, 0.25) is 5.02 Å². The summed E-state index contributed by atoms with van der Waals surface area (Å²) in [7, 11) is 2.99. The first-order valence-corrected chi connectivity index (χ1v) is 8.03. The Balaban J connectivity index is 2.11. The summed E-state index contributed by atoms with van der Waals surface area (Å²) in [5.41, 5.74) is 0.960. The van der Waals surface area contributed by atoms with Gasteiger partial charge in [0.2, 0.25) is 5.78 Å². The Bertz CT molecular complexity index is 840. The molecule has 130 valence electrons. The number of likely N-dealkylation sites (N-methyl/N-ethyl adjacent to an activating group) is 1. The van der Waals surface area contributed by atoms with Crippen LogP contribution in [0.4, 0.5) is 16.2 Å². The highest BCUT2D eigenvalue weighted by Gasteiger charge is 2.18. The second-order valence-corrected chi connectivity index (χ2v) is 6.19. The van der Waals surface area contributed by atoms with Crippen LogP contribution >= 0.6 is 24.2 Å². The van der Waals surface area contributed by atoms with Gasteiger partial charge in [-0.3, -0.25) is 9.59 Å². The molecule has 2 N–H and O–H groups in total. The van der Waals surface area contributed by atoms with Gasteiger partial charge in [0.05, 0.1) is 10.7 Å². The number of anilines is 2. The van der Waals surface area contributed by atoms with Crippen molar-refractivity contribution >= 4 is 53.3 Å². The molecule has 0 aliphatic carbocycles. The van der Waals surface area contributed by atoms with E-state index in [0.29, 0.717) is 21.3 Å². The van der Waals surface area contributed by atoms with Crippen LogP contribution in [0.5, 0.6) is 0 Å². The van der Waals surface area contributed by atoms with Gasteiger partial charge in [-0.25, -0.2) is 4.79 Å². The first-order valence-electron chi connectivity index (χ1n) is 7.21. The van der Waals surface area contributed by atoms with Gasteiger partial charge in [-0.15, -0.1) is 12.6 Å². The van der Waals surface area contributed by atoms with Crippen LogP contribution in [0, 0.1) is 0 Å². The molecule has 0 fully saturated rings.